The van der Waals surface area contributed by atoms with Gasteiger partial charge >= 0.3 is 5.97 Å². The fourth-order valence-corrected chi connectivity index (χ4v) is 2.12. The number of benzene rings is 1. The smallest absolute Gasteiger partial charge is 0.341 e. The standard InChI is InChI=1S/C9H7NO4S/c1-14-9(12)6-3-2-5-4-15(13)10-7(5)8(6)11/h2-4,11H,1H3. The molecule has 1 aromatic carbocycles. The van der Waals surface area contributed by atoms with Crippen molar-refractivity contribution >= 4 is 22.4 Å². The first-order chi connectivity index (χ1) is 7.13. The predicted molar refractivity (Wildman–Crippen MR) is 52.8 cm³/mol. The van der Waals surface area contributed by atoms with E-state index in [1.54, 1.807) is 6.07 Å². The van der Waals surface area contributed by atoms with Gasteiger partial charge in [-0.1, -0.05) is 6.07 Å². The Morgan fingerprint density at radius 2 is 2.27 bits per heavy atom. The summed E-state index contributed by atoms with van der Waals surface area (Å²) in [5.74, 6) is -0.940. The first-order valence-electron chi connectivity index (χ1n) is 4.05. The Bertz CT molecular complexity index is 579. The number of phenols is 1. The van der Waals surface area contributed by atoms with Crippen molar-refractivity contribution in [3.8, 4) is 5.75 Å². The Morgan fingerprint density at radius 1 is 1.53 bits per heavy atom. The van der Waals surface area contributed by atoms with Crippen LogP contribution in [0.3, 0.4) is 0 Å². The van der Waals surface area contributed by atoms with Gasteiger partial charge in [0.1, 0.15) is 10.9 Å². The quantitative estimate of drug-likeness (QED) is 0.636. The second-order valence-electron chi connectivity index (χ2n) is 2.88. The van der Waals surface area contributed by atoms with Crippen molar-refractivity contribution in [2.75, 3.05) is 7.11 Å². The molecule has 1 unspecified atom stereocenters. The maximum atomic E-state index is 11.2. The highest BCUT2D eigenvalue weighted by molar-refractivity contribution is 7.91. The maximum absolute atomic E-state index is 11.2. The molecule has 15 heavy (non-hydrogen) atoms. The zero-order chi connectivity index (χ0) is 11.0. The number of ether oxygens (including phenoxy) is 1. The Hall–Kier alpha value is -1.69. The zero-order valence-corrected chi connectivity index (χ0v) is 8.58. The lowest BCUT2D eigenvalue weighted by atomic mass is 10.1. The van der Waals surface area contributed by atoms with Crippen molar-refractivity contribution in [3.05, 3.63) is 28.3 Å². The van der Waals surface area contributed by atoms with Crippen LogP contribution in [-0.2, 0) is 15.7 Å². The average molecular weight is 225 g/mol. The number of hydrogen-bond donors (Lipinski definition) is 1. The minimum Gasteiger partial charge on any atom is -0.505 e. The van der Waals surface area contributed by atoms with Gasteiger partial charge in [-0.25, -0.2) is 9.00 Å². The van der Waals surface area contributed by atoms with Crippen LogP contribution in [0.5, 0.6) is 5.75 Å². The third-order valence-corrected chi connectivity index (χ3v) is 2.81. The van der Waals surface area contributed by atoms with Crippen LogP contribution in [0.1, 0.15) is 10.4 Å². The number of carbonyl (C=O) groups excluding carboxylic acids is 1. The highest BCUT2D eigenvalue weighted by Gasteiger charge is 2.15. The summed E-state index contributed by atoms with van der Waals surface area (Å²) >= 11 is 0. The number of hydrogen-bond acceptors (Lipinski definition) is 4. The molecular weight excluding hydrogens is 218 g/mol. The summed E-state index contributed by atoms with van der Waals surface area (Å²) in [6.45, 7) is 0. The van der Waals surface area contributed by atoms with Gasteiger partial charge in [0.25, 0.3) is 0 Å². The first kappa shape index (κ1) is 9.85. The van der Waals surface area contributed by atoms with Crippen LogP contribution in [-0.4, -0.2) is 22.4 Å². The number of methoxy groups -OCH3 is 1. The molecule has 0 bridgehead atoms. The third-order valence-electron chi connectivity index (χ3n) is 2.00. The molecule has 1 aliphatic rings. The molecule has 1 heterocycles. The molecule has 2 rings (SSSR count). The van der Waals surface area contributed by atoms with E-state index in [4.69, 9.17) is 0 Å². The lowest BCUT2D eigenvalue weighted by Crippen LogP contribution is -2.23. The number of fused-ring (bicyclic) bond motifs is 1. The molecule has 0 fully saturated rings. The Kier molecular flexibility index (Phi) is 2.28. The summed E-state index contributed by atoms with van der Waals surface area (Å²) in [5, 5.41) is 11.8. The van der Waals surface area contributed by atoms with Crippen molar-refractivity contribution < 1.29 is 18.8 Å². The number of aromatic hydroxyl groups is 1. The number of carbonyl (C=O) groups is 1. The molecule has 0 aromatic heterocycles. The lowest BCUT2D eigenvalue weighted by Gasteiger charge is -2.00. The third kappa shape index (κ3) is 1.52. The van der Waals surface area contributed by atoms with E-state index in [1.165, 1.54) is 18.6 Å². The van der Waals surface area contributed by atoms with Crippen LogP contribution in [0.4, 0.5) is 0 Å². The van der Waals surface area contributed by atoms with Gasteiger partial charge in [-0.05, 0) is 6.07 Å². The van der Waals surface area contributed by atoms with E-state index < -0.39 is 17.0 Å². The van der Waals surface area contributed by atoms with Crippen LogP contribution in [0.15, 0.2) is 16.5 Å². The maximum Gasteiger partial charge on any atom is 0.341 e. The molecule has 0 amide bonds. The Morgan fingerprint density at radius 3 is 2.93 bits per heavy atom. The Balaban J connectivity index is 2.73. The largest absolute Gasteiger partial charge is 0.505 e. The number of esters is 1. The summed E-state index contributed by atoms with van der Waals surface area (Å²) < 4.78 is 19.2. The topological polar surface area (TPSA) is 76.0 Å². The van der Waals surface area contributed by atoms with Crippen LogP contribution in [0.25, 0.3) is 5.41 Å². The molecule has 5 nitrogen and oxygen atoms in total. The van der Waals surface area contributed by atoms with Crippen molar-refractivity contribution in [1.29, 1.82) is 0 Å². The summed E-state index contributed by atoms with van der Waals surface area (Å²) in [7, 11) is -0.246. The molecule has 0 saturated heterocycles. The second-order valence-corrected chi connectivity index (χ2v) is 3.85. The van der Waals surface area contributed by atoms with Crippen molar-refractivity contribution in [1.82, 2.24) is 0 Å². The van der Waals surface area contributed by atoms with Crippen molar-refractivity contribution in [2.24, 2.45) is 4.40 Å². The van der Waals surface area contributed by atoms with Gasteiger partial charge in [0.15, 0.2) is 16.7 Å². The van der Waals surface area contributed by atoms with Gasteiger partial charge < -0.3 is 9.84 Å². The summed E-state index contributed by atoms with van der Waals surface area (Å²) in [5.41, 5.74) is 0.0206. The molecule has 1 N–H and O–H groups in total. The van der Waals surface area contributed by atoms with Gasteiger partial charge in [-0.15, -0.1) is 0 Å². The molecule has 1 atom stereocenters. The van der Waals surface area contributed by atoms with Crippen LogP contribution >= 0.6 is 0 Å². The van der Waals surface area contributed by atoms with E-state index in [2.05, 4.69) is 9.13 Å². The minimum absolute atomic E-state index is 0.0206. The van der Waals surface area contributed by atoms with E-state index >= 15 is 0 Å². The van der Waals surface area contributed by atoms with Crippen LogP contribution in [0, 0.1) is 0 Å². The second kappa shape index (κ2) is 3.47. The Labute approximate surface area is 87.3 Å². The van der Waals surface area contributed by atoms with E-state index in [-0.39, 0.29) is 16.7 Å². The van der Waals surface area contributed by atoms with Gasteiger partial charge in [-0.2, -0.15) is 4.40 Å². The van der Waals surface area contributed by atoms with E-state index in [0.717, 1.165) is 0 Å². The monoisotopic (exact) mass is 225 g/mol. The van der Waals surface area contributed by atoms with Gasteiger partial charge in [0, 0.05) is 10.6 Å². The number of rotatable bonds is 1. The number of phenolic OH excluding ortho intramolecular Hbond substituents is 1. The molecule has 78 valence electrons. The van der Waals surface area contributed by atoms with Crippen molar-refractivity contribution in [2.45, 2.75) is 0 Å². The van der Waals surface area contributed by atoms with Crippen molar-refractivity contribution in [3.63, 3.8) is 0 Å². The molecule has 1 aromatic rings. The summed E-state index contributed by atoms with van der Waals surface area (Å²) in [6, 6.07) is 2.98. The highest BCUT2D eigenvalue weighted by atomic mass is 32.2. The molecule has 0 radical (unpaired) electrons. The summed E-state index contributed by atoms with van der Waals surface area (Å²) in [6.07, 6.45) is 0. The highest BCUT2D eigenvalue weighted by Crippen LogP contribution is 2.11. The fourth-order valence-electron chi connectivity index (χ4n) is 1.29. The van der Waals surface area contributed by atoms with Gasteiger partial charge in [0.2, 0.25) is 0 Å². The normalized spacial score (nSPS) is 17.5. The fraction of sp³-hybridized carbons (Fsp3) is 0.111. The van der Waals surface area contributed by atoms with Gasteiger partial charge in [0.05, 0.1) is 7.11 Å². The molecule has 0 spiro atoms. The average Bonchev–Trinajstić information content (AvgIpc) is 2.59. The predicted octanol–water partition coefficient (Wildman–Crippen LogP) is -0.786. The van der Waals surface area contributed by atoms with Crippen LogP contribution < -0.4 is 10.6 Å². The molecule has 0 aliphatic carbocycles. The van der Waals surface area contributed by atoms with E-state index in [1.807, 2.05) is 0 Å². The minimum atomic E-state index is -1.47. The molecular formula is C9H7NO4S. The first-order valence-corrected chi connectivity index (χ1v) is 5.22. The van der Waals surface area contributed by atoms with Crippen LogP contribution in [0.2, 0.25) is 0 Å². The van der Waals surface area contributed by atoms with E-state index in [9.17, 15) is 14.1 Å². The van der Waals surface area contributed by atoms with E-state index in [0.29, 0.717) is 5.22 Å². The molecule has 0 saturated carbocycles. The molecule has 1 aliphatic heterocycles. The number of nitrogens with zero attached hydrogens (tertiary/aromatic N) is 1. The zero-order valence-electron chi connectivity index (χ0n) is 7.76. The van der Waals surface area contributed by atoms with Gasteiger partial charge in [-0.3, -0.25) is 0 Å². The molecule has 6 heteroatoms. The lowest BCUT2D eigenvalue weighted by molar-refractivity contribution is 0.0597. The SMILES string of the molecule is COC(=O)c1ccc2c(c1O)=NS(=O)C=2. The summed E-state index contributed by atoms with van der Waals surface area (Å²) in [4.78, 5) is 11.2.